The Morgan fingerprint density at radius 2 is 1.62 bits per heavy atom. The molecule has 0 amide bonds. The molecule has 1 N–H and O–H groups in total. The van der Waals surface area contributed by atoms with Crippen LogP contribution >= 0.6 is 0 Å². The number of hydrogen-bond acceptors (Lipinski definition) is 3. The zero-order chi connectivity index (χ0) is 17.6. The molecule has 0 heterocycles. The van der Waals surface area contributed by atoms with Crippen LogP contribution < -0.4 is 4.74 Å². The van der Waals surface area contributed by atoms with Crippen LogP contribution in [-0.2, 0) is 11.3 Å². The molecule has 0 saturated carbocycles. The zero-order valence-electron chi connectivity index (χ0n) is 15.2. The minimum absolute atomic E-state index is 0.255. The van der Waals surface area contributed by atoms with Gasteiger partial charge in [0.2, 0.25) is 0 Å². The molecule has 136 valence electrons. The Kier molecular flexibility index (Phi) is 10.9. The first-order chi connectivity index (χ1) is 11.7. The topological polar surface area (TPSA) is 55.8 Å². The lowest BCUT2D eigenvalue weighted by molar-refractivity contribution is 0.0696. The molecule has 0 aliphatic heterocycles. The van der Waals surface area contributed by atoms with Crippen molar-refractivity contribution in [3.8, 4) is 5.75 Å². The van der Waals surface area contributed by atoms with E-state index in [1.54, 1.807) is 18.2 Å². The molecule has 4 heteroatoms. The van der Waals surface area contributed by atoms with Crippen molar-refractivity contribution in [1.82, 2.24) is 0 Å². The summed E-state index contributed by atoms with van der Waals surface area (Å²) in [6.45, 7) is 6.18. The SMILES string of the molecule is CCCCCCOCc1ccc(C(=O)O)cc1OCCCCCC. The first-order valence-corrected chi connectivity index (χ1v) is 9.25. The third-order valence-electron chi connectivity index (χ3n) is 3.97. The van der Waals surface area contributed by atoms with E-state index >= 15 is 0 Å². The van der Waals surface area contributed by atoms with E-state index in [0.717, 1.165) is 31.4 Å². The normalized spacial score (nSPS) is 10.8. The Hall–Kier alpha value is -1.55. The van der Waals surface area contributed by atoms with Gasteiger partial charge in [0.25, 0.3) is 0 Å². The number of unbranched alkanes of at least 4 members (excludes halogenated alkanes) is 6. The summed E-state index contributed by atoms with van der Waals surface area (Å²) < 4.78 is 11.6. The Bertz CT molecular complexity index is 471. The summed E-state index contributed by atoms with van der Waals surface area (Å²) in [7, 11) is 0. The fourth-order valence-corrected chi connectivity index (χ4v) is 2.47. The summed E-state index contributed by atoms with van der Waals surface area (Å²) in [5.74, 6) is -0.294. The van der Waals surface area contributed by atoms with Crippen LogP contribution in [0.5, 0.6) is 5.75 Å². The van der Waals surface area contributed by atoms with Crippen molar-refractivity contribution in [3.05, 3.63) is 29.3 Å². The smallest absolute Gasteiger partial charge is 0.335 e. The van der Waals surface area contributed by atoms with Crippen molar-refractivity contribution in [2.75, 3.05) is 13.2 Å². The molecule has 0 saturated heterocycles. The summed E-state index contributed by atoms with van der Waals surface area (Å²) in [6, 6.07) is 5.02. The van der Waals surface area contributed by atoms with Gasteiger partial charge in [0.1, 0.15) is 5.75 Å². The molecule has 1 rings (SSSR count). The summed E-state index contributed by atoms with van der Waals surface area (Å²) in [6.07, 6.45) is 9.22. The average molecular weight is 336 g/mol. The molecule has 0 aliphatic rings. The van der Waals surface area contributed by atoms with Gasteiger partial charge in [-0.25, -0.2) is 4.79 Å². The van der Waals surface area contributed by atoms with Gasteiger partial charge < -0.3 is 14.6 Å². The summed E-state index contributed by atoms with van der Waals surface area (Å²) >= 11 is 0. The Morgan fingerprint density at radius 3 is 2.25 bits per heavy atom. The molecule has 0 radical (unpaired) electrons. The molecular formula is C20H32O4. The van der Waals surface area contributed by atoms with Crippen molar-refractivity contribution in [3.63, 3.8) is 0 Å². The van der Waals surface area contributed by atoms with E-state index in [1.165, 1.54) is 32.1 Å². The van der Waals surface area contributed by atoms with Gasteiger partial charge >= 0.3 is 5.97 Å². The van der Waals surface area contributed by atoms with Gasteiger partial charge in [-0.3, -0.25) is 0 Å². The maximum absolute atomic E-state index is 11.2. The molecule has 0 fully saturated rings. The second-order valence-electron chi connectivity index (χ2n) is 6.15. The molecule has 24 heavy (non-hydrogen) atoms. The van der Waals surface area contributed by atoms with Crippen LogP contribution in [0.15, 0.2) is 18.2 Å². The minimum Gasteiger partial charge on any atom is -0.493 e. The zero-order valence-corrected chi connectivity index (χ0v) is 15.2. The molecule has 0 atom stereocenters. The summed E-state index contributed by atoms with van der Waals surface area (Å²) in [5.41, 5.74) is 1.18. The predicted molar refractivity (Wildman–Crippen MR) is 96.8 cm³/mol. The fourth-order valence-electron chi connectivity index (χ4n) is 2.47. The van der Waals surface area contributed by atoms with Gasteiger partial charge in [0.15, 0.2) is 0 Å². The Balaban J connectivity index is 2.52. The number of carboxylic acid groups (broad SMARTS) is 1. The van der Waals surface area contributed by atoms with Crippen LogP contribution in [0, 0.1) is 0 Å². The quantitative estimate of drug-likeness (QED) is 0.460. The first kappa shape index (κ1) is 20.5. The number of rotatable bonds is 14. The van der Waals surface area contributed by atoms with E-state index in [0.29, 0.717) is 19.0 Å². The lowest BCUT2D eigenvalue weighted by Crippen LogP contribution is -2.05. The van der Waals surface area contributed by atoms with E-state index < -0.39 is 5.97 Å². The van der Waals surface area contributed by atoms with Crippen molar-refractivity contribution in [1.29, 1.82) is 0 Å². The third kappa shape index (κ3) is 8.34. The van der Waals surface area contributed by atoms with Crippen molar-refractivity contribution >= 4 is 5.97 Å². The highest BCUT2D eigenvalue weighted by Crippen LogP contribution is 2.22. The minimum atomic E-state index is -0.933. The monoisotopic (exact) mass is 336 g/mol. The third-order valence-corrected chi connectivity index (χ3v) is 3.97. The number of ether oxygens (including phenoxy) is 2. The van der Waals surface area contributed by atoms with Crippen LogP contribution in [0.25, 0.3) is 0 Å². The van der Waals surface area contributed by atoms with Gasteiger partial charge in [-0.05, 0) is 25.0 Å². The van der Waals surface area contributed by atoms with Gasteiger partial charge in [0.05, 0.1) is 18.8 Å². The highest BCUT2D eigenvalue weighted by molar-refractivity contribution is 5.88. The standard InChI is InChI=1S/C20H32O4/c1-3-5-7-9-13-23-16-18-12-11-17(20(21)22)15-19(18)24-14-10-8-6-4-2/h11-12,15H,3-10,13-14,16H2,1-2H3,(H,21,22). The Labute approximate surface area is 146 Å². The van der Waals surface area contributed by atoms with Gasteiger partial charge in [-0.15, -0.1) is 0 Å². The van der Waals surface area contributed by atoms with E-state index in [-0.39, 0.29) is 5.56 Å². The van der Waals surface area contributed by atoms with E-state index in [1.807, 2.05) is 0 Å². The number of aromatic carboxylic acids is 1. The van der Waals surface area contributed by atoms with Crippen LogP contribution in [0.4, 0.5) is 0 Å². The van der Waals surface area contributed by atoms with Crippen LogP contribution in [0.1, 0.15) is 81.1 Å². The molecule has 4 nitrogen and oxygen atoms in total. The fraction of sp³-hybridized carbons (Fsp3) is 0.650. The molecule has 1 aromatic rings. The largest absolute Gasteiger partial charge is 0.493 e. The first-order valence-electron chi connectivity index (χ1n) is 9.25. The van der Waals surface area contributed by atoms with E-state index in [4.69, 9.17) is 14.6 Å². The second kappa shape index (κ2) is 12.8. The summed E-state index contributed by atoms with van der Waals surface area (Å²) in [5, 5.41) is 9.15. The molecule has 0 aliphatic carbocycles. The van der Waals surface area contributed by atoms with Gasteiger partial charge in [-0.2, -0.15) is 0 Å². The summed E-state index contributed by atoms with van der Waals surface area (Å²) in [4.78, 5) is 11.2. The molecule has 0 bridgehead atoms. The lowest BCUT2D eigenvalue weighted by atomic mass is 10.1. The Morgan fingerprint density at radius 1 is 0.958 bits per heavy atom. The van der Waals surface area contributed by atoms with Crippen LogP contribution in [-0.4, -0.2) is 24.3 Å². The second-order valence-corrected chi connectivity index (χ2v) is 6.15. The highest BCUT2D eigenvalue weighted by atomic mass is 16.5. The lowest BCUT2D eigenvalue weighted by Gasteiger charge is -2.13. The number of hydrogen-bond donors (Lipinski definition) is 1. The average Bonchev–Trinajstić information content (AvgIpc) is 2.58. The molecule has 1 aromatic carbocycles. The van der Waals surface area contributed by atoms with Crippen LogP contribution in [0.3, 0.4) is 0 Å². The number of benzene rings is 1. The molecular weight excluding hydrogens is 304 g/mol. The number of carboxylic acids is 1. The van der Waals surface area contributed by atoms with Gasteiger partial charge in [-0.1, -0.05) is 58.4 Å². The van der Waals surface area contributed by atoms with Crippen LogP contribution in [0.2, 0.25) is 0 Å². The van der Waals surface area contributed by atoms with Crippen molar-refractivity contribution in [2.24, 2.45) is 0 Å². The predicted octanol–water partition coefficient (Wildman–Crippen LogP) is 5.44. The maximum atomic E-state index is 11.2. The van der Waals surface area contributed by atoms with E-state index in [2.05, 4.69) is 13.8 Å². The number of carbonyl (C=O) groups is 1. The molecule has 0 spiro atoms. The highest BCUT2D eigenvalue weighted by Gasteiger charge is 2.10. The van der Waals surface area contributed by atoms with Crippen molar-refractivity contribution in [2.45, 2.75) is 71.8 Å². The molecule has 0 unspecified atom stereocenters. The molecule has 0 aromatic heterocycles. The van der Waals surface area contributed by atoms with E-state index in [9.17, 15) is 4.79 Å². The van der Waals surface area contributed by atoms with Gasteiger partial charge in [0, 0.05) is 12.2 Å². The maximum Gasteiger partial charge on any atom is 0.335 e. The van der Waals surface area contributed by atoms with Crippen molar-refractivity contribution < 1.29 is 19.4 Å².